The fraction of sp³-hybridized carbons (Fsp3) is 0.185. The van der Waals surface area contributed by atoms with Gasteiger partial charge in [-0.15, -0.1) is 0 Å². The van der Waals surface area contributed by atoms with Crippen molar-refractivity contribution in [2.75, 3.05) is 11.5 Å². The molecule has 0 unspecified atom stereocenters. The van der Waals surface area contributed by atoms with Gasteiger partial charge in [0.05, 0.1) is 23.6 Å². The number of benzene rings is 3. The molecule has 1 fully saturated rings. The fourth-order valence-corrected chi connectivity index (χ4v) is 5.64. The van der Waals surface area contributed by atoms with Crippen LogP contribution in [0.4, 0.5) is 5.13 Å². The van der Waals surface area contributed by atoms with E-state index in [-0.39, 0.29) is 24.6 Å². The number of hydrogen-bond donors (Lipinski definition) is 1. The van der Waals surface area contributed by atoms with Crippen molar-refractivity contribution >= 4 is 16.5 Å². The number of aliphatic hydroxyl groups excluding tert-OH is 1. The van der Waals surface area contributed by atoms with Gasteiger partial charge < -0.3 is 10.0 Å². The molecule has 0 bridgehead atoms. The van der Waals surface area contributed by atoms with E-state index in [0.717, 1.165) is 32.3 Å². The third kappa shape index (κ3) is 3.48. The number of thiazole rings is 1. The maximum atomic E-state index is 10.3. The van der Waals surface area contributed by atoms with Gasteiger partial charge in [-0.3, -0.25) is 0 Å². The Hall–Kier alpha value is -3.46. The molecule has 5 heteroatoms. The molecule has 0 aliphatic carbocycles. The van der Waals surface area contributed by atoms with Gasteiger partial charge in [-0.05, 0) is 29.2 Å². The minimum atomic E-state index is -0.382. The van der Waals surface area contributed by atoms with Crippen LogP contribution in [0.15, 0.2) is 85.1 Å². The molecule has 1 aliphatic rings. The number of anilines is 1. The molecule has 1 saturated heterocycles. The first-order valence-electron chi connectivity index (χ1n) is 10.7. The number of aryl methyl sites for hydroxylation is 1. The van der Waals surface area contributed by atoms with E-state index in [9.17, 15) is 10.4 Å². The molecule has 1 aromatic heterocycles. The lowest BCUT2D eigenvalue weighted by molar-refractivity contribution is 0.188. The highest BCUT2D eigenvalue weighted by Gasteiger charge is 2.51. The van der Waals surface area contributed by atoms with Crippen LogP contribution in [0.25, 0.3) is 21.6 Å². The predicted octanol–water partition coefficient (Wildman–Crippen LogP) is 5.64. The molecule has 1 aliphatic heterocycles. The Morgan fingerprint density at radius 2 is 1.75 bits per heavy atom. The summed E-state index contributed by atoms with van der Waals surface area (Å²) in [6.45, 7) is 2.05. The summed E-state index contributed by atoms with van der Waals surface area (Å²) in [4.78, 5) is 7.65. The van der Waals surface area contributed by atoms with E-state index >= 15 is 0 Å². The summed E-state index contributed by atoms with van der Waals surface area (Å²) in [5.41, 5.74) is 5.64. The number of nitriles is 1. The molecule has 4 aromatic rings. The smallest absolute Gasteiger partial charge is 0.187 e. The molecular weight excluding hydrogens is 414 g/mol. The third-order valence-electron chi connectivity index (χ3n) is 6.15. The van der Waals surface area contributed by atoms with Gasteiger partial charge in [-0.25, -0.2) is 4.98 Å². The first-order valence-corrected chi connectivity index (χ1v) is 11.5. The van der Waals surface area contributed by atoms with Crippen molar-refractivity contribution in [1.29, 1.82) is 5.26 Å². The lowest BCUT2D eigenvalue weighted by atomic mass is 9.74. The summed E-state index contributed by atoms with van der Waals surface area (Å²) in [7, 11) is 0. The first kappa shape index (κ1) is 20.4. The molecule has 3 aromatic carbocycles. The number of aliphatic hydroxyl groups is 1. The van der Waals surface area contributed by atoms with Gasteiger partial charge in [-0.2, -0.15) is 5.26 Å². The molecule has 2 heterocycles. The van der Waals surface area contributed by atoms with Crippen LogP contribution < -0.4 is 4.90 Å². The quantitative estimate of drug-likeness (QED) is 0.439. The van der Waals surface area contributed by atoms with E-state index in [0.29, 0.717) is 0 Å². The van der Waals surface area contributed by atoms with Gasteiger partial charge in [0.15, 0.2) is 5.13 Å². The monoisotopic (exact) mass is 437 g/mol. The second-order valence-corrected chi connectivity index (χ2v) is 9.10. The van der Waals surface area contributed by atoms with E-state index in [1.165, 1.54) is 5.56 Å². The molecule has 158 valence electrons. The Bertz CT molecular complexity index is 1280. The average Bonchev–Trinajstić information content (AvgIpc) is 3.29. The Balaban J connectivity index is 1.51. The summed E-state index contributed by atoms with van der Waals surface area (Å²) in [5.74, 6) is -0.0919. The van der Waals surface area contributed by atoms with Crippen LogP contribution in [-0.4, -0.2) is 28.8 Å². The summed E-state index contributed by atoms with van der Waals surface area (Å²) >= 11 is 1.56. The molecule has 0 radical (unpaired) electrons. The summed E-state index contributed by atoms with van der Waals surface area (Å²) < 4.78 is 0. The van der Waals surface area contributed by atoms with Gasteiger partial charge >= 0.3 is 0 Å². The highest BCUT2D eigenvalue weighted by atomic mass is 32.1. The first-order chi connectivity index (χ1) is 15.7. The standard InChI is InChI=1S/C27H23N3OS/c1-18-8-7-11-20(14-18)21-12-5-6-13-22(21)26-23(15-28)30(24(26)17-31)27-29-16-25(32-27)19-9-3-2-4-10-19/h2-14,16,23-24,26,31H,17H2,1H3/t23-,24-,26+/m0/s1. The van der Waals surface area contributed by atoms with Crippen molar-refractivity contribution in [3.63, 3.8) is 0 Å². The van der Waals surface area contributed by atoms with Crippen molar-refractivity contribution < 1.29 is 5.11 Å². The molecule has 1 N–H and O–H groups in total. The third-order valence-corrected chi connectivity index (χ3v) is 7.21. The lowest BCUT2D eigenvalue weighted by Crippen LogP contribution is -2.63. The molecule has 32 heavy (non-hydrogen) atoms. The van der Waals surface area contributed by atoms with E-state index in [1.807, 2.05) is 41.4 Å². The normalized spacial score (nSPS) is 19.9. The number of hydrogen-bond acceptors (Lipinski definition) is 5. The van der Waals surface area contributed by atoms with Crippen LogP contribution in [0.5, 0.6) is 0 Å². The van der Waals surface area contributed by atoms with Crippen LogP contribution in [0.3, 0.4) is 0 Å². The lowest BCUT2D eigenvalue weighted by Gasteiger charge is -2.52. The van der Waals surface area contributed by atoms with Crippen molar-refractivity contribution in [3.8, 4) is 27.6 Å². The summed E-state index contributed by atoms with van der Waals surface area (Å²) in [6.07, 6.45) is 1.85. The average molecular weight is 438 g/mol. The van der Waals surface area contributed by atoms with Crippen molar-refractivity contribution in [2.45, 2.75) is 24.9 Å². The zero-order valence-electron chi connectivity index (χ0n) is 17.7. The van der Waals surface area contributed by atoms with E-state index < -0.39 is 0 Å². The number of nitrogens with zero attached hydrogens (tertiary/aromatic N) is 3. The molecule has 5 rings (SSSR count). The van der Waals surface area contributed by atoms with Gasteiger partial charge in [0.1, 0.15) is 6.04 Å². The second kappa shape index (κ2) is 8.58. The predicted molar refractivity (Wildman–Crippen MR) is 130 cm³/mol. The topological polar surface area (TPSA) is 60.2 Å². The minimum absolute atomic E-state index is 0.0365. The van der Waals surface area contributed by atoms with Gasteiger partial charge in [-0.1, -0.05) is 95.8 Å². The zero-order valence-corrected chi connectivity index (χ0v) is 18.5. The highest BCUT2D eigenvalue weighted by molar-refractivity contribution is 7.18. The SMILES string of the molecule is Cc1cccc(-c2ccccc2[C@@H]2[C@H](C#N)N(c3ncc(-c4ccccc4)s3)[C@H]2CO)c1. The van der Waals surface area contributed by atoms with Crippen molar-refractivity contribution in [2.24, 2.45) is 0 Å². The minimum Gasteiger partial charge on any atom is -0.394 e. The van der Waals surface area contributed by atoms with Crippen LogP contribution in [0.1, 0.15) is 17.0 Å². The van der Waals surface area contributed by atoms with Crippen LogP contribution >= 0.6 is 11.3 Å². The van der Waals surface area contributed by atoms with Crippen molar-refractivity contribution in [1.82, 2.24) is 4.98 Å². The molecule has 3 atom stereocenters. The van der Waals surface area contributed by atoms with Crippen LogP contribution in [-0.2, 0) is 0 Å². The Morgan fingerprint density at radius 1 is 1.00 bits per heavy atom. The zero-order chi connectivity index (χ0) is 22.1. The molecule has 4 nitrogen and oxygen atoms in total. The molecule has 0 spiro atoms. The molecular formula is C27H23N3OS. The maximum absolute atomic E-state index is 10.3. The molecule has 0 amide bonds. The van der Waals surface area contributed by atoms with E-state index in [4.69, 9.17) is 0 Å². The summed E-state index contributed by atoms with van der Waals surface area (Å²) in [5, 5.41) is 21.2. The molecule has 0 saturated carbocycles. The van der Waals surface area contributed by atoms with E-state index in [1.54, 1.807) is 11.3 Å². The van der Waals surface area contributed by atoms with Crippen LogP contribution in [0, 0.1) is 18.3 Å². The Morgan fingerprint density at radius 3 is 2.50 bits per heavy atom. The largest absolute Gasteiger partial charge is 0.394 e. The maximum Gasteiger partial charge on any atom is 0.187 e. The Kier molecular flexibility index (Phi) is 5.48. The van der Waals surface area contributed by atoms with E-state index in [2.05, 4.69) is 66.5 Å². The highest BCUT2D eigenvalue weighted by Crippen LogP contribution is 2.47. The Labute approximate surface area is 192 Å². The summed E-state index contributed by atoms with van der Waals surface area (Å²) in [6, 6.07) is 28.7. The van der Waals surface area contributed by atoms with Gasteiger partial charge in [0.2, 0.25) is 0 Å². The van der Waals surface area contributed by atoms with Crippen molar-refractivity contribution in [3.05, 3.63) is 96.2 Å². The van der Waals surface area contributed by atoms with Gasteiger partial charge in [0, 0.05) is 12.1 Å². The van der Waals surface area contributed by atoms with Gasteiger partial charge in [0.25, 0.3) is 0 Å². The number of aromatic nitrogens is 1. The number of rotatable bonds is 5. The second-order valence-electron chi connectivity index (χ2n) is 8.09. The fourth-order valence-electron chi connectivity index (χ4n) is 4.63. The van der Waals surface area contributed by atoms with Crippen LogP contribution in [0.2, 0.25) is 0 Å².